The van der Waals surface area contributed by atoms with Crippen LogP contribution in [-0.2, 0) is 14.4 Å². The number of carbonyl (C=O) groups is 3. The maximum atomic E-state index is 11.2. The van der Waals surface area contributed by atoms with Crippen molar-refractivity contribution < 1.29 is 29.7 Å². The van der Waals surface area contributed by atoms with E-state index in [2.05, 4.69) is 6.92 Å². The Morgan fingerprint density at radius 1 is 0.696 bits per heavy atom. The van der Waals surface area contributed by atoms with E-state index in [-0.39, 0.29) is 6.42 Å². The van der Waals surface area contributed by atoms with Gasteiger partial charge in [-0.05, 0) is 6.42 Å². The van der Waals surface area contributed by atoms with E-state index < -0.39 is 29.7 Å². The van der Waals surface area contributed by atoms with E-state index in [0.29, 0.717) is 6.42 Å². The van der Waals surface area contributed by atoms with Crippen LogP contribution in [0.25, 0.3) is 0 Å². The van der Waals surface area contributed by atoms with Gasteiger partial charge < -0.3 is 15.3 Å². The minimum absolute atomic E-state index is 0.138. The lowest BCUT2D eigenvalue weighted by Crippen LogP contribution is -2.41. The molecule has 0 amide bonds. The molecule has 0 bridgehead atoms. The van der Waals surface area contributed by atoms with Crippen LogP contribution < -0.4 is 0 Å². The Morgan fingerprint density at radius 2 is 1.09 bits per heavy atom. The maximum Gasteiger partial charge on any atom is 0.321 e. The van der Waals surface area contributed by atoms with Crippen LogP contribution in [-0.4, -0.2) is 33.2 Å². The normalized spacial score (nSPS) is 11.3. The third-order valence-corrected chi connectivity index (χ3v) is 4.23. The van der Waals surface area contributed by atoms with Gasteiger partial charge in [-0.2, -0.15) is 0 Å². The molecule has 0 rings (SSSR count). The minimum Gasteiger partial charge on any atom is -0.481 e. The standard InChI is InChI=1S/C17H30O6/c1-2-3-4-5-6-7-8-9-10-11-12-17(15(20)21,16(22)23)13-14(18)19/h2-13H2,1H3,(H,18,19)(H,20,21)(H,22,23). The molecule has 3 N–H and O–H groups in total. The zero-order valence-corrected chi connectivity index (χ0v) is 14.1. The lowest BCUT2D eigenvalue weighted by atomic mass is 9.79. The van der Waals surface area contributed by atoms with Crippen molar-refractivity contribution in [2.24, 2.45) is 5.41 Å². The van der Waals surface area contributed by atoms with Gasteiger partial charge in [0.25, 0.3) is 0 Å². The van der Waals surface area contributed by atoms with Crippen molar-refractivity contribution in [3.8, 4) is 0 Å². The van der Waals surface area contributed by atoms with Crippen molar-refractivity contribution in [1.29, 1.82) is 0 Å². The Labute approximate surface area is 137 Å². The van der Waals surface area contributed by atoms with Crippen molar-refractivity contribution in [2.45, 2.75) is 84.0 Å². The first-order valence-corrected chi connectivity index (χ1v) is 8.55. The van der Waals surface area contributed by atoms with Gasteiger partial charge in [0.2, 0.25) is 0 Å². The molecule has 0 saturated carbocycles. The molecule has 0 atom stereocenters. The van der Waals surface area contributed by atoms with E-state index in [0.717, 1.165) is 25.7 Å². The lowest BCUT2D eigenvalue weighted by Gasteiger charge is -2.22. The summed E-state index contributed by atoms with van der Waals surface area (Å²) in [5.74, 6) is -4.53. The van der Waals surface area contributed by atoms with E-state index in [1.807, 2.05) is 0 Å². The summed E-state index contributed by atoms with van der Waals surface area (Å²) in [6, 6.07) is 0. The smallest absolute Gasteiger partial charge is 0.321 e. The monoisotopic (exact) mass is 330 g/mol. The zero-order chi connectivity index (χ0) is 17.7. The molecule has 0 aromatic rings. The summed E-state index contributed by atoms with van der Waals surface area (Å²) in [6.07, 6.45) is 9.47. The second-order valence-corrected chi connectivity index (χ2v) is 6.19. The third kappa shape index (κ3) is 8.57. The number of rotatable bonds is 15. The van der Waals surface area contributed by atoms with Crippen molar-refractivity contribution >= 4 is 17.9 Å². The molecule has 0 saturated heterocycles. The predicted molar refractivity (Wildman–Crippen MR) is 86.4 cm³/mol. The number of aliphatic carboxylic acids is 3. The summed E-state index contributed by atoms with van der Waals surface area (Å²) in [6.45, 7) is 2.18. The fraction of sp³-hybridized carbons (Fsp3) is 0.824. The average molecular weight is 330 g/mol. The largest absolute Gasteiger partial charge is 0.481 e. The number of carboxylic acids is 3. The predicted octanol–water partition coefficient (Wildman–Crippen LogP) is 3.93. The fourth-order valence-electron chi connectivity index (χ4n) is 2.72. The average Bonchev–Trinajstić information content (AvgIpc) is 2.46. The Bertz CT molecular complexity index is 363. The first-order valence-electron chi connectivity index (χ1n) is 8.55. The quantitative estimate of drug-likeness (QED) is 0.310. The number of hydrogen-bond donors (Lipinski definition) is 3. The van der Waals surface area contributed by atoms with Crippen LogP contribution in [0.4, 0.5) is 0 Å². The van der Waals surface area contributed by atoms with Gasteiger partial charge in [0.15, 0.2) is 5.41 Å². The molecule has 0 heterocycles. The van der Waals surface area contributed by atoms with Crippen LogP contribution in [0.3, 0.4) is 0 Å². The van der Waals surface area contributed by atoms with Crippen molar-refractivity contribution in [3.05, 3.63) is 0 Å². The molecule has 0 aliphatic carbocycles. The highest BCUT2D eigenvalue weighted by Gasteiger charge is 2.47. The highest BCUT2D eigenvalue weighted by molar-refractivity contribution is 6.01. The third-order valence-electron chi connectivity index (χ3n) is 4.23. The van der Waals surface area contributed by atoms with Crippen molar-refractivity contribution in [1.82, 2.24) is 0 Å². The van der Waals surface area contributed by atoms with Crippen molar-refractivity contribution in [3.63, 3.8) is 0 Å². The first-order chi connectivity index (χ1) is 10.9. The van der Waals surface area contributed by atoms with Gasteiger partial charge in [-0.3, -0.25) is 14.4 Å². The SMILES string of the molecule is CCCCCCCCCCCCC(CC(=O)O)(C(=O)O)C(=O)O. The lowest BCUT2D eigenvalue weighted by molar-refractivity contribution is -0.170. The van der Waals surface area contributed by atoms with Gasteiger partial charge in [0.1, 0.15) is 0 Å². The molecule has 0 fully saturated rings. The van der Waals surface area contributed by atoms with Gasteiger partial charge in [0, 0.05) is 0 Å². The Kier molecular flexibility index (Phi) is 11.1. The van der Waals surface area contributed by atoms with Crippen LogP contribution >= 0.6 is 0 Å². The second kappa shape index (κ2) is 11.9. The molecule has 0 aliphatic heterocycles. The first kappa shape index (κ1) is 21.4. The topological polar surface area (TPSA) is 112 Å². The van der Waals surface area contributed by atoms with E-state index >= 15 is 0 Å². The summed E-state index contributed by atoms with van der Waals surface area (Å²) in [7, 11) is 0. The molecule has 134 valence electrons. The summed E-state index contributed by atoms with van der Waals surface area (Å²) in [4.78, 5) is 33.3. The van der Waals surface area contributed by atoms with E-state index in [1.54, 1.807) is 0 Å². The highest BCUT2D eigenvalue weighted by Crippen LogP contribution is 2.30. The molecule has 0 aromatic heterocycles. The van der Waals surface area contributed by atoms with Gasteiger partial charge in [-0.1, -0.05) is 71.1 Å². The molecular weight excluding hydrogens is 300 g/mol. The second-order valence-electron chi connectivity index (χ2n) is 6.19. The van der Waals surface area contributed by atoms with Gasteiger partial charge >= 0.3 is 17.9 Å². The Balaban J connectivity index is 4.03. The molecule has 0 aliphatic rings. The summed E-state index contributed by atoms with van der Waals surface area (Å²) in [5.41, 5.74) is -2.20. The van der Waals surface area contributed by atoms with Crippen LogP contribution in [0.2, 0.25) is 0 Å². The number of unbranched alkanes of at least 4 members (excludes halogenated alkanes) is 9. The molecule has 0 unspecified atom stereocenters. The van der Waals surface area contributed by atoms with Crippen molar-refractivity contribution in [2.75, 3.05) is 0 Å². The van der Waals surface area contributed by atoms with Crippen LogP contribution in [0, 0.1) is 5.41 Å². The summed E-state index contributed by atoms with van der Waals surface area (Å²) < 4.78 is 0. The summed E-state index contributed by atoms with van der Waals surface area (Å²) >= 11 is 0. The van der Waals surface area contributed by atoms with E-state index in [1.165, 1.54) is 32.1 Å². The minimum atomic E-state index is -2.20. The van der Waals surface area contributed by atoms with Crippen LogP contribution in [0.5, 0.6) is 0 Å². The number of carboxylic acid groups (broad SMARTS) is 3. The van der Waals surface area contributed by atoms with Crippen LogP contribution in [0.1, 0.15) is 84.0 Å². The van der Waals surface area contributed by atoms with Gasteiger partial charge in [-0.15, -0.1) is 0 Å². The molecule has 6 heteroatoms. The number of hydrogen-bond acceptors (Lipinski definition) is 3. The van der Waals surface area contributed by atoms with Crippen LogP contribution in [0.15, 0.2) is 0 Å². The maximum absolute atomic E-state index is 11.2. The van der Waals surface area contributed by atoms with E-state index in [9.17, 15) is 14.4 Å². The Hall–Kier alpha value is -1.59. The molecule has 0 spiro atoms. The molecule has 0 radical (unpaired) electrons. The molecule has 0 aromatic carbocycles. The molecular formula is C17H30O6. The molecule has 6 nitrogen and oxygen atoms in total. The van der Waals surface area contributed by atoms with E-state index in [4.69, 9.17) is 15.3 Å². The highest BCUT2D eigenvalue weighted by atomic mass is 16.4. The zero-order valence-electron chi connectivity index (χ0n) is 14.1. The van der Waals surface area contributed by atoms with Gasteiger partial charge in [-0.25, -0.2) is 0 Å². The summed E-state index contributed by atoms with van der Waals surface area (Å²) in [5, 5.41) is 27.1. The fourth-order valence-corrected chi connectivity index (χ4v) is 2.72. The molecule has 23 heavy (non-hydrogen) atoms. The Morgan fingerprint density at radius 3 is 1.43 bits per heavy atom. The van der Waals surface area contributed by atoms with Gasteiger partial charge in [0.05, 0.1) is 6.42 Å².